The Morgan fingerprint density at radius 3 is 2.38 bits per heavy atom. The molecule has 3 aliphatic rings. The quantitative estimate of drug-likeness (QED) is 0.0750. The molecule has 47 heavy (non-hydrogen) atoms. The van der Waals surface area contributed by atoms with E-state index in [0.29, 0.717) is 61.0 Å². The van der Waals surface area contributed by atoms with E-state index in [-0.39, 0.29) is 36.5 Å². The lowest BCUT2D eigenvalue weighted by molar-refractivity contribution is -0.384. The number of allylic oxidation sites excluding steroid dienone is 1. The van der Waals surface area contributed by atoms with Crippen LogP contribution in [0.25, 0.3) is 0 Å². The Kier molecular flexibility index (Phi) is 11.7. The molecule has 2 aromatic carbocycles. The maximum absolute atomic E-state index is 13.9. The second-order valence-corrected chi connectivity index (χ2v) is 12.5. The molecule has 2 aliphatic heterocycles. The maximum atomic E-state index is 13.9. The Hall–Kier alpha value is -4.15. The number of ether oxygens (including phenoxy) is 4. The third kappa shape index (κ3) is 9.02. The Labute approximate surface area is 283 Å². The first kappa shape index (κ1) is 34.2. The second kappa shape index (κ2) is 16.1. The van der Waals surface area contributed by atoms with Crippen LogP contribution in [0.3, 0.4) is 0 Å². The van der Waals surface area contributed by atoms with Crippen LogP contribution >= 0.6 is 27.7 Å². The van der Waals surface area contributed by atoms with Crippen LogP contribution in [-0.4, -0.2) is 94.1 Å². The number of halogens is 1. The van der Waals surface area contributed by atoms with Gasteiger partial charge in [0, 0.05) is 30.6 Å². The summed E-state index contributed by atoms with van der Waals surface area (Å²) in [6.07, 6.45) is 1.93. The molecule has 3 fully saturated rings. The van der Waals surface area contributed by atoms with E-state index >= 15 is 0 Å². The molecule has 2 unspecified atom stereocenters. The minimum absolute atomic E-state index is 0.103. The highest BCUT2D eigenvalue weighted by Gasteiger charge is 2.54. The standard InChI is InChI=1S/C31H33BrN4O10S/c32-16-24(34-12-14-43-15-13-34)27(30(39)45-17-21-8-10-22(11-9-21)36(41)42)35-28(38)26(29(35)47-31(40)46-18-20-6-7-20)33-25(37)19-44-23-4-2-1-3-5-23/h1-5,8-11,20,26,29H,6-7,12-19H2,(H,33,37)/b27-24-. The molecule has 1 aliphatic carbocycles. The molecule has 1 N–H and O–H groups in total. The van der Waals surface area contributed by atoms with Crippen molar-refractivity contribution in [2.45, 2.75) is 30.9 Å². The summed E-state index contributed by atoms with van der Waals surface area (Å²) >= 11 is 4.16. The second-order valence-electron chi connectivity index (χ2n) is 10.9. The number of thioether (sulfide) groups is 1. The highest BCUT2D eigenvalue weighted by molar-refractivity contribution is 9.09. The molecule has 0 radical (unpaired) electrons. The van der Waals surface area contributed by atoms with Gasteiger partial charge in [0.1, 0.15) is 23.8 Å². The number of benzene rings is 2. The monoisotopic (exact) mass is 732 g/mol. The number of hydrogen-bond donors (Lipinski definition) is 1. The molecule has 14 nitrogen and oxygen atoms in total. The lowest BCUT2D eigenvalue weighted by atomic mass is 10.0. The lowest BCUT2D eigenvalue weighted by Crippen LogP contribution is -2.70. The lowest BCUT2D eigenvalue weighted by Gasteiger charge is -2.47. The predicted octanol–water partition coefficient (Wildman–Crippen LogP) is 3.59. The van der Waals surface area contributed by atoms with Gasteiger partial charge in [-0.3, -0.25) is 24.6 Å². The number of nitro groups is 1. The van der Waals surface area contributed by atoms with Gasteiger partial charge in [-0.1, -0.05) is 34.1 Å². The molecule has 2 atom stereocenters. The highest BCUT2D eigenvalue weighted by atomic mass is 79.9. The molecule has 2 saturated heterocycles. The minimum Gasteiger partial charge on any atom is -0.484 e. The van der Waals surface area contributed by atoms with Crippen molar-refractivity contribution in [3.63, 3.8) is 0 Å². The zero-order valence-electron chi connectivity index (χ0n) is 25.2. The van der Waals surface area contributed by atoms with Gasteiger partial charge < -0.3 is 29.2 Å². The molecule has 2 aromatic rings. The molecule has 0 spiro atoms. The van der Waals surface area contributed by atoms with Crippen LogP contribution in [-0.2, 0) is 35.2 Å². The molecule has 1 saturated carbocycles. The van der Waals surface area contributed by atoms with E-state index < -0.39 is 39.4 Å². The maximum Gasteiger partial charge on any atom is 0.369 e. The summed E-state index contributed by atoms with van der Waals surface area (Å²) in [5, 5.41) is 12.2. The van der Waals surface area contributed by atoms with Crippen LogP contribution in [0, 0.1) is 16.0 Å². The number of amides is 2. The molecule has 250 valence electrons. The largest absolute Gasteiger partial charge is 0.484 e. The number of nitro benzene ring substituents is 1. The van der Waals surface area contributed by atoms with Gasteiger partial charge in [-0.15, -0.1) is 0 Å². The SMILES string of the molecule is O=C(COc1ccccc1)NC1C(=O)N(/C(C(=O)OCc2ccc([N+](=O)[O-])cc2)=C(/CBr)N2CCOCC2)C1SC(=O)OCC1CC1. The molecule has 0 bridgehead atoms. The molecular weight excluding hydrogens is 700 g/mol. The van der Waals surface area contributed by atoms with Gasteiger partial charge in [-0.25, -0.2) is 9.59 Å². The molecule has 2 heterocycles. The van der Waals surface area contributed by atoms with Gasteiger partial charge in [0.05, 0.1) is 30.4 Å². The van der Waals surface area contributed by atoms with Crippen molar-refractivity contribution in [2.24, 2.45) is 5.92 Å². The summed E-state index contributed by atoms with van der Waals surface area (Å²) in [7, 11) is 0. The summed E-state index contributed by atoms with van der Waals surface area (Å²) in [5.41, 5.74) is 0.707. The summed E-state index contributed by atoms with van der Waals surface area (Å²) in [4.78, 5) is 67.1. The number of rotatable bonds is 14. The van der Waals surface area contributed by atoms with Gasteiger partial charge in [-0.05, 0) is 60.4 Å². The summed E-state index contributed by atoms with van der Waals surface area (Å²) in [6, 6.07) is 13.0. The number of β-lactam (4-membered cyclic amide) rings is 1. The number of hydrogen-bond acceptors (Lipinski definition) is 12. The Balaban J connectivity index is 1.39. The number of non-ortho nitro benzene ring substituents is 1. The van der Waals surface area contributed by atoms with Gasteiger partial charge >= 0.3 is 11.3 Å². The van der Waals surface area contributed by atoms with Crippen molar-refractivity contribution in [1.29, 1.82) is 0 Å². The first-order valence-electron chi connectivity index (χ1n) is 14.9. The third-order valence-corrected chi connectivity index (χ3v) is 9.13. The number of likely N-dealkylation sites (tertiary alicyclic amines) is 1. The summed E-state index contributed by atoms with van der Waals surface area (Å²) in [6.45, 7) is 1.27. The minimum atomic E-state index is -1.17. The van der Waals surface area contributed by atoms with E-state index in [1.54, 1.807) is 30.3 Å². The number of nitrogens with one attached hydrogen (secondary N) is 1. The highest BCUT2D eigenvalue weighted by Crippen LogP contribution is 2.38. The zero-order chi connectivity index (χ0) is 33.3. The van der Waals surface area contributed by atoms with Crippen molar-refractivity contribution in [2.75, 3.05) is 44.8 Å². The van der Waals surface area contributed by atoms with E-state index in [4.69, 9.17) is 18.9 Å². The molecule has 16 heteroatoms. The fourth-order valence-electron chi connectivity index (χ4n) is 4.86. The summed E-state index contributed by atoms with van der Waals surface area (Å²) < 4.78 is 22.1. The smallest absolute Gasteiger partial charge is 0.369 e. The van der Waals surface area contributed by atoms with Gasteiger partial charge in [-0.2, -0.15) is 0 Å². The average Bonchev–Trinajstić information content (AvgIpc) is 3.93. The Morgan fingerprint density at radius 2 is 1.74 bits per heavy atom. The van der Waals surface area contributed by atoms with Crippen molar-refractivity contribution in [3.8, 4) is 5.75 Å². The van der Waals surface area contributed by atoms with Gasteiger partial charge in [0.25, 0.3) is 17.5 Å². The van der Waals surface area contributed by atoms with Crippen LogP contribution in [0.2, 0.25) is 0 Å². The van der Waals surface area contributed by atoms with Crippen molar-refractivity contribution in [1.82, 2.24) is 15.1 Å². The van der Waals surface area contributed by atoms with Crippen LogP contribution in [0.1, 0.15) is 18.4 Å². The molecule has 5 rings (SSSR count). The van der Waals surface area contributed by atoms with E-state index in [0.717, 1.165) is 17.7 Å². The number of carbonyl (C=O) groups is 4. The van der Waals surface area contributed by atoms with Gasteiger partial charge in [0.15, 0.2) is 12.3 Å². The fraction of sp³-hybridized carbons (Fsp3) is 0.419. The van der Waals surface area contributed by atoms with Crippen LogP contribution in [0.4, 0.5) is 10.5 Å². The Bertz CT molecular complexity index is 1500. The first-order chi connectivity index (χ1) is 22.7. The fourth-order valence-corrected chi connectivity index (χ4v) is 6.44. The van der Waals surface area contributed by atoms with E-state index in [1.807, 2.05) is 4.90 Å². The number of carbonyl (C=O) groups excluding carboxylic acids is 4. The van der Waals surface area contributed by atoms with Crippen molar-refractivity contribution in [3.05, 3.63) is 81.7 Å². The van der Waals surface area contributed by atoms with E-state index in [1.165, 1.54) is 24.3 Å². The van der Waals surface area contributed by atoms with Gasteiger partial charge in [0.2, 0.25) is 0 Å². The zero-order valence-corrected chi connectivity index (χ0v) is 27.6. The number of nitrogens with zero attached hydrogens (tertiary/aromatic N) is 3. The van der Waals surface area contributed by atoms with Crippen LogP contribution < -0.4 is 10.1 Å². The molecule has 0 aromatic heterocycles. The number of para-hydroxylation sites is 1. The third-order valence-electron chi connectivity index (χ3n) is 7.57. The first-order valence-corrected chi connectivity index (χ1v) is 16.9. The normalized spacial score (nSPS) is 19.6. The van der Waals surface area contributed by atoms with E-state index in [2.05, 4.69) is 21.2 Å². The molecule has 2 amide bonds. The topological polar surface area (TPSA) is 167 Å². The average molecular weight is 734 g/mol. The number of alkyl halides is 1. The number of morpholine rings is 1. The molecular formula is C31H33BrN4O10S. The van der Waals surface area contributed by atoms with E-state index in [9.17, 15) is 29.3 Å². The van der Waals surface area contributed by atoms with Crippen molar-refractivity contribution >= 4 is 56.5 Å². The van der Waals surface area contributed by atoms with Crippen molar-refractivity contribution < 1.29 is 43.0 Å². The Morgan fingerprint density at radius 1 is 1.04 bits per heavy atom. The predicted molar refractivity (Wildman–Crippen MR) is 172 cm³/mol. The van der Waals surface area contributed by atoms with Crippen LogP contribution in [0.5, 0.6) is 5.75 Å². The number of esters is 1. The van der Waals surface area contributed by atoms with Crippen LogP contribution in [0.15, 0.2) is 66.0 Å². The summed E-state index contributed by atoms with van der Waals surface area (Å²) in [5.74, 6) is -1.31.